The predicted octanol–water partition coefficient (Wildman–Crippen LogP) is 2.96. The molecule has 1 aromatic rings. The fourth-order valence-electron chi connectivity index (χ4n) is 2.87. The number of amides is 1. The van der Waals surface area contributed by atoms with Gasteiger partial charge >= 0.3 is 0 Å². The normalized spacial score (nSPS) is 18.7. The van der Waals surface area contributed by atoms with Gasteiger partial charge in [-0.05, 0) is 23.0 Å². The van der Waals surface area contributed by atoms with Crippen LogP contribution in [0.25, 0.3) is 0 Å². The Morgan fingerprint density at radius 1 is 1.17 bits per heavy atom. The third kappa shape index (κ3) is 5.33. The molecule has 2 rings (SSSR count). The third-order valence-electron chi connectivity index (χ3n) is 4.70. The van der Waals surface area contributed by atoms with Crippen LogP contribution in [-0.4, -0.2) is 36.4 Å². The Morgan fingerprint density at radius 2 is 1.74 bits per heavy atom. The van der Waals surface area contributed by atoms with Crippen LogP contribution in [0, 0.1) is 0 Å². The van der Waals surface area contributed by atoms with E-state index in [0.29, 0.717) is 44.9 Å². The summed E-state index contributed by atoms with van der Waals surface area (Å²) in [6.07, 6.45) is 1.60. The molecule has 1 aromatic carbocycles. The summed E-state index contributed by atoms with van der Waals surface area (Å²) >= 11 is 0. The minimum absolute atomic E-state index is 0.00893. The molecular weight excluding hydrogens is 290 g/mol. The Labute approximate surface area is 139 Å². The molecule has 0 saturated carbocycles. The fraction of sp³-hybridized carbons (Fsp3) is 0.632. The molecule has 1 heterocycles. The van der Waals surface area contributed by atoms with Gasteiger partial charge in [0.2, 0.25) is 5.91 Å². The van der Waals surface area contributed by atoms with Crippen molar-refractivity contribution in [3.8, 4) is 0 Å². The number of nitrogens with one attached hydrogen (secondary N) is 1. The molecule has 2 N–H and O–H groups in total. The SMILES string of the molecule is CC(C)c1ccc(C(C)CC(=O)NCC2(O)CCOCC2)cc1. The van der Waals surface area contributed by atoms with Crippen molar-refractivity contribution in [1.82, 2.24) is 5.32 Å². The molecule has 23 heavy (non-hydrogen) atoms. The Morgan fingerprint density at radius 3 is 2.30 bits per heavy atom. The average molecular weight is 319 g/mol. The van der Waals surface area contributed by atoms with E-state index in [-0.39, 0.29) is 11.8 Å². The lowest BCUT2D eigenvalue weighted by Crippen LogP contribution is -2.46. The molecule has 1 atom stereocenters. The first-order chi connectivity index (χ1) is 10.9. The summed E-state index contributed by atoms with van der Waals surface area (Å²) in [6.45, 7) is 7.84. The summed E-state index contributed by atoms with van der Waals surface area (Å²) in [5.41, 5.74) is 1.68. The number of benzene rings is 1. The number of ether oxygens (including phenoxy) is 1. The summed E-state index contributed by atoms with van der Waals surface area (Å²) in [5, 5.41) is 13.2. The predicted molar refractivity (Wildman–Crippen MR) is 91.6 cm³/mol. The smallest absolute Gasteiger partial charge is 0.220 e. The molecule has 0 aliphatic carbocycles. The van der Waals surface area contributed by atoms with Crippen molar-refractivity contribution in [2.75, 3.05) is 19.8 Å². The van der Waals surface area contributed by atoms with Crippen LogP contribution in [0.5, 0.6) is 0 Å². The zero-order chi connectivity index (χ0) is 16.9. The lowest BCUT2D eigenvalue weighted by molar-refractivity contribution is -0.124. The van der Waals surface area contributed by atoms with Crippen LogP contribution in [0.4, 0.5) is 0 Å². The van der Waals surface area contributed by atoms with E-state index in [2.05, 4.69) is 50.4 Å². The largest absolute Gasteiger partial charge is 0.388 e. The zero-order valence-corrected chi connectivity index (χ0v) is 14.5. The summed E-state index contributed by atoms with van der Waals surface area (Å²) in [7, 11) is 0. The van der Waals surface area contributed by atoms with E-state index in [4.69, 9.17) is 4.74 Å². The average Bonchev–Trinajstić information content (AvgIpc) is 2.54. The maximum atomic E-state index is 12.1. The number of hydrogen-bond donors (Lipinski definition) is 2. The molecule has 0 radical (unpaired) electrons. The molecule has 4 nitrogen and oxygen atoms in total. The minimum atomic E-state index is -0.809. The van der Waals surface area contributed by atoms with Crippen LogP contribution < -0.4 is 5.32 Å². The standard InChI is InChI=1S/C19H29NO3/c1-14(2)16-4-6-17(7-5-16)15(3)12-18(21)20-13-19(22)8-10-23-11-9-19/h4-7,14-15,22H,8-13H2,1-3H3,(H,20,21). The Balaban J connectivity index is 1.82. The maximum Gasteiger partial charge on any atom is 0.220 e. The summed E-state index contributed by atoms with van der Waals surface area (Å²) in [6, 6.07) is 8.50. The lowest BCUT2D eigenvalue weighted by atomic mass is 9.93. The van der Waals surface area contributed by atoms with Crippen LogP contribution in [0.15, 0.2) is 24.3 Å². The van der Waals surface area contributed by atoms with Crippen LogP contribution in [-0.2, 0) is 9.53 Å². The van der Waals surface area contributed by atoms with Crippen LogP contribution in [0.1, 0.15) is 63.0 Å². The molecule has 1 saturated heterocycles. The highest BCUT2D eigenvalue weighted by Gasteiger charge is 2.30. The van der Waals surface area contributed by atoms with Crippen molar-refractivity contribution in [3.05, 3.63) is 35.4 Å². The Hall–Kier alpha value is -1.39. The van der Waals surface area contributed by atoms with Crippen molar-refractivity contribution in [3.63, 3.8) is 0 Å². The second-order valence-electron chi connectivity index (χ2n) is 7.04. The van der Waals surface area contributed by atoms with Crippen molar-refractivity contribution < 1.29 is 14.6 Å². The Kier molecular flexibility index (Phi) is 6.19. The zero-order valence-electron chi connectivity index (χ0n) is 14.5. The monoisotopic (exact) mass is 319 g/mol. The first-order valence-electron chi connectivity index (χ1n) is 8.56. The molecular formula is C19H29NO3. The highest BCUT2D eigenvalue weighted by Crippen LogP contribution is 2.23. The van der Waals surface area contributed by atoms with Crippen LogP contribution >= 0.6 is 0 Å². The van der Waals surface area contributed by atoms with Gasteiger partial charge in [0, 0.05) is 39.0 Å². The first kappa shape index (κ1) is 18.0. The number of carbonyl (C=O) groups excluding carboxylic acids is 1. The van der Waals surface area contributed by atoms with Gasteiger partial charge in [0.05, 0.1) is 5.60 Å². The first-order valence-corrected chi connectivity index (χ1v) is 8.56. The fourth-order valence-corrected chi connectivity index (χ4v) is 2.87. The van der Waals surface area contributed by atoms with Crippen molar-refractivity contribution >= 4 is 5.91 Å². The van der Waals surface area contributed by atoms with E-state index in [1.54, 1.807) is 0 Å². The molecule has 128 valence electrons. The van der Waals surface area contributed by atoms with Crippen LogP contribution in [0.3, 0.4) is 0 Å². The van der Waals surface area contributed by atoms with Gasteiger partial charge < -0.3 is 15.2 Å². The van der Waals surface area contributed by atoms with Crippen molar-refractivity contribution in [1.29, 1.82) is 0 Å². The van der Waals surface area contributed by atoms with Gasteiger partial charge in [-0.15, -0.1) is 0 Å². The van der Waals surface area contributed by atoms with E-state index in [1.165, 1.54) is 11.1 Å². The number of aliphatic hydroxyl groups is 1. The van der Waals surface area contributed by atoms with Crippen LogP contribution in [0.2, 0.25) is 0 Å². The van der Waals surface area contributed by atoms with Gasteiger partial charge in [0.15, 0.2) is 0 Å². The van der Waals surface area contributed by atoms with E-state index < -0.39 is 5.60 Å². The van der Waals surface area contributed by atoms with E-state index in [9.17, 15) is 9.90 Å². The molecule has 0 spiro atoms. The molecule has 1 unspecified atom stereocenters. The second kappa shape index (κ2) is 7.93. The van der Waals surface area contributed by atoms with Crippen molar-refractivity contribution in [2.45, 2.75) is 57.5 Å². The van der Waals surface area contributed by atoms with Gasteiger partial charge in [-0.3, -0.25) is 4.79 Å². The molecule has 1 amide bonds. The Bertz CT molecular complexity index is 504. The highest BCUT2D eigenvalue weighted by atomic mass is 16.5. The molecule has 0 aromatic heterocycles. The summed E-state index contributed by atoms with van der Waals surface area (Å²) < 4.78 is 5.25. The van der Waals surface area contributed by atoms with E-state index in [1.807, 2.05) is 0 Å². The topological polar surface area (TPSA) is 58.6 Å². The van der Waals surface area contributed by atoms with E-state index in [0.717, 1.165) is 0 Å². The highest BCUT2D eigenvalue weighted by molar-refractivity contribution is 5.76. The van der Waals surface area contributed by atoms with Crippen molar-refractivity contribution in [2.24, 2.45) is 0 Å². The van der Waals surface area contributed by atoms with Gasteiger partial charge in [-0.2, -0.15) is 0 Å². The van der Waals surface area contributed by atoms with Gasteiger partial charge in [-0.25, -0.2) is 0 Å². The lowest BCUT2D eigenvalue weighted by Gasteiger charge is -2.32. The molecule has 1 aliphatic heterocycles. The van der Waals surface area contributed by atoms with E-state index >= 15 is 0 Å². The summed E-state index contributed by atoms with van der Waals surface area (Å²) in [5.74, 6) is 0.675. The quantitative estimate of drug-likeness (QED) is 0.847. The molecule has 0 bridgehead atoms. The number of hydrogen-bond acceptors (Lipinski definition) is 3. The molecule has 1 aliphatic rings. The van der Waals surface area contributed by atoms with Gasteiger partial charge in [0.1, 0.15) is 0 Å². The second-order valence-corrected chi connectivity index (χ2v) is 7.04. The molecule has 1 fully saturated rings. The number of carbonyl (C=O) groups is 1. The molecule has 4 heteroatoms. The number of rotatable bonds is 6. The minimum Gasteiger partial charge on any atom is -0.388 e. The van der Waals surface area contributed by atoms with Gasteiger partial charge in [0.25, 0.3) is 0 Å². The maximum absolute atomic E-state index is 12.1. The summed E-state index contributed by atoms with van der Waals surface area (Å²) in [4.78, 5) is 12.1. The van der Waals surface area contributed by atoms with Gasteiger partial charge in [-0.1, -0.05) is 45.0 Å². The third-order valence-corrected chi connectivity index (χ3v) is 4.70.